The largest absolute Gasteiger partial charge is 0.496 e. The number of nitrogens with zero attached hydrogens (tertiary/aromatic N) is 1. The molecule has 4 rings (SSSR count). The highest BCUT2D eigenvalue weighted by atomic mass is 16.5. The van der Waals surface area contributed by atoms with Crippen molar-refractivity contribution in [2.24, 2.45) is 0 Å². The van der Waals surface area contributed by atoms with Crippen molar-refractivity contribution in [3.63, 3.8) is 0 Å². The molecule has 0 atom stereocenters. The third-order valence-electron chi connectivity index (χ3n) is 4.02. The first-order chi connectivity index (χ1) is 11.3. The van der Waals surface area contributed by atoms with Crippen LogP contribution in [0.2, 0.25) is 0 Å². The van der Waals surface area contributed by atoms with Crippen LogP contribution in [0.4, 0.5) is 0 Å². The molecule has 4 heteroatoms. The monoisotopic (exact) mass is 302 g/mol. The molecule has 23 heavy (non-hydrogen) atoms. The predicted molar refractivity (Wildman–Crippen MR) is 91.9 cm³/mol. The highest BCUT2D eigenvalue weighted by Crippen LogP contribution is 2.36. The van der Waals surface area contributed by atoms with Crippen LogP contribution in [0, 0.1) is 0 Å². The zero-order valence-corrected chi connectivity index (χ0v) is 12.5. The zero-order valence-electron chi connectivity index (χ0n) is 12.5. The fraction of sp³-hybridized carbons (Fsp3) is 0.0526. The molecule has 0 saturated heterocycles. The Morgan fingerprint density at radius 2 is 1.65 bits per heavy atom. The smallest absolute Gasteiger partial charge is 0.257 e. The van der Waals surface area contributed by atoms with Gasteiger partial charge in [0.2, 0.25) is 0 Å². The fourth-order valence-electron chi connectivity index (χ4n) is 2.99. The van der Waals surface area contributed by atoms with Crippen molar-refractivity contribution >= 4 is 21.8 Å². The van der Waals surface area contributed by atoms with Gasteiger partial charge in [-0.1, -0.05) is 36.4 Å². The summed E-state index contributed by atoms with van der Waals surface area (Å²) in [5, 5.41) is 2.47. The summed E-state index contributed by atoms with van der Waals surface area (Å²) in [7, 11) is 1.65. The molecule has 112 valence electrons. The van der Waals surface area contributed by atoms with Crippen LogP contribution in [-0.2, 0) is 0 Å². The van der Waals surface area contributed by atoms with E-state index >= 15 is 0 Å². The SMILES string of the molecule is COc1ccccc1-c1ccnc2[nH]c(=O)c3ccccc3c12. The maximum Gasteiger partial charge on any atom is 0.257 e. The molecule has 0 aliphatic rings. The van der Waals surface area contributed by atoms with E-state index in [1.807, 2.05) is 54.6 Å². The van der Waals surface area contributed by atoms with Crippen LogP contribution in [0.1, 0.15) is 0 Å². The van der Waals surface area contributed by atoms with Crippen molar-refractivity contribution in [1.29, 1.82) is 0 Å². The molecule has 0 bridgehead atoms. The van der Waals surface area contributed by atoms with Gasteiger partial charge in [0.05, 0.1) is 7.11 Å². The summed E-state index contributed by atoms with van der Waals surface area (Å²) in [4.78, 5) is 19.5. The van der Waals surface area contributed by atoms with Crippen LogP contribution >= 0.6 is 0 Å². The van der Waals surface area contributed by atoms with Crippen molar-refractivity contribution < 1.29 is 4.74 Å². The fourth-order valence-corrected chi connectivity index (χ4v) is 2.99. The number of hydrogen-bond donors (Lipinski definition) is 1. The summed E-state index contributed by atoms with van der Waals surface area (Å²) in [6.45, 7) is 0. The quantitative estimate of drug-likeness (QED) is 0.574. The minimum Gasteiger partial charge on any atom is -0.496 e. The Hall–Kier alpha value is -3.14. The first kappa shape index (κ1) is 13.5. The molecule has 1 N–H and O–H groups in total. The molecule has 4 aromatic rings. The number of para-hydroxylation sites is 1. The van der Waals surface area contributed by atoms with Gasteiger partial charge in [-0.25, -0.2) is 4.98 Å². The second-order valence-corrected chi connectivity index (χ2v) is 5.28. The molecule has 0 spiro atoms. The van der Waals surface area contributed by atoms with Crippen LogP contribution < -0.4 is 10.3 Å². The molecule has 4 nitrogen and oxygen atoms in total. The van der Waals surface area contributed by atoms with Gasteiger partial charge in [-0.05, 0) is 29.1 Å². The number of ether oxygens (including phenoxy) is 1. The summed E-state index contributed by atoms with van der Waals surface area (Å²) in [6.07, 6.45) is 1.70. The molecule has 0 radical (unpaired) electrons. The number of hydrogen-bond acceptors (Lipinski definition) is 3. The van der Waals surface area contributed by atoms with Crippen molar-refractivity contribution in [3.8, 4) is 16.9 Å². The molecule has 2 heterocycles. The van der Waals surface area contributed by atoms with Gasteiger partial charge in [0.1, 0.15) is 11.4 Å². The standard InChI is InChI=1S/C19H14N2O2/c1-23-16-9-5-4-6-12(16)14-10-11-20-18-17(14)13-7-2-3-8-15(13)19(22)21-18/h2-11H,1H3,(H,20,21,22). The number of aromatic nitrogens is 2. The van der Waals surface area contributed by atoms with Crippen LogP contribution in [0.25, 0.3) is 32.9 Å². The van der Waals surface area contributed by atoms with Gasteiger partial charge in [0, 0.05) is 22.5 Å². The van der Waals surface area contributed by atoms with Crippen LogP contribution in [0.15, 0.2) is 65.6 Å². The maximum atomic E-state index is 12.2. The average Bonchev–Trinajstić information content (AvgIpc) is 2.61. The van der Waals surface area contributed by atoms with Gasteiger partial charge in [0.25, 0.3) is 5.56 Å². The van der Waals surface area contributed by atoms with Crippen molar-refractivity contribution in [2.75, 3.05) is 7.11 Å². The lowest BCUT2D eigenvalue weighted by Crippen LogP contribution is -2.07. The van der Waals surface area contributed by atoms with Crippen LogP contribution in [-0.4, -0.2) is 17.1 Å². The summed E-state index contributed by atoms with van der Waals surface area (Å²) in [5.41, 5.74) is 2.41. The maximum absolute atomic E-state index is 12.2. The van der Waals surface area contributed by atoms with Gasteiger partial charge in [-0.3, -0.25) is 4.79 Å². The number of aromatic amines is 1. The Kier molecular flexibility index (Phi) is 3.08. The van der Waals surface area contributed by atoms with E-state index < -0.39 is 0 Å². The van der Waals surface area contributed by atoms with E-state index in [1.54, 1.807) is 13.3 Å². The van der Waals surface area contributed by atoms with Gasteiger partial charge < -0.3 is 9.72 Å². The highest BCUT2D eigenvalue weighted by molar-refractivity contribution is 6.11. The first-order valence-corrected chi connectivity index (χ1v) is 7.33. The summed E-state index contributed by atoms with van der Waals surface area (Å²) in [6, 6.07) is 17.4. The van der Waals surface area contributed by atoms with E-state index in [0.29, 0.717) is 11.0 Å². The number of pyridine rings is 2. The molecule has 0 fully saturated rings. The summed E-state index contributed by atoms with van der Waals surface area (Å²) >= 11 is 0. The molecule has 0 unspecified atom stereocenters. The number of H-pyrrole nitrogens is 1. The third kappa shape index (κ3) is 2.07. The van der Waals surface area contributed by atoms with E-state index in [-0.39, 0.29) is 5.56 Å². The second kappa shape index (κ2) is 5.25. The van der Waals surface area contributed by atoms with Gasteiger partial charge in [-0.2, -0.15) is 0 Å². The van der Waals surface area contributed by atoms with E-state index in [4.69, 9.17) is 4.74 Å². The van der Waals surface area contributed by atoms with Gasteiger partial charge >= 0.3 is 0 Å². The van der Waals surface area contributed by atoms with Crippen LogP contribution in [0.3, 0.4) is 0 Å². The predicted octanol–water partition coefficient (Wildman–Crippen LogP) is 3.75. The third-order valence-corrected chi connectivity index (χ3v) is 4.02. The van der Waals surface area contributed by atoms with Crippen molar-refractivity contribution in [2.45, 2.75) is 0 Å². The molecule has 0 aliphatic heterocycles. The normalized spacial score (nSPS) is 11.0. The zero-order chi connectivity index (χ0) is 15.8. The summed E-state index contributed by atoms with van der Waals surface area (Å²) in [5.74, 6) is 0.787. The Morgan fingerprint density at radius 3 is 2.48 bits per heavy atom. The van der Waals surface area contributed by atoms with Crippen molar-refractivity contribution in [1.82, 2.24) is 9.97 Å². The summed E-state index contributed by atoms with van der Waals surface area (Å²) < 4.78 is 5.49. The Morgan fingerprint density at radius 1 is 0.913 bits per heavy atom. The average molecular weight is 302 g/mol. The first-order valence-electron chi connectivity index (χ1n) is 7.33. The molecule has 2 aromatic heterocycles. The molecular weight excluding hydrogens is 288 g/mol. The lowest BCUT2D eigenvalue weighted by molar-refractivity contribution is 0.416. The molecule has 0 amide bonds. The number of benzene rings is 2. The van der Waals surface area contributed by atoms with E-state index in [9.17, 15) is 4.79 Å². The Balaban J connectivity index is 2.21. The number of rotatable bonds is 2. The van der Waals surface area contributed by atoms with E-state index in [0.717, 1.165) is 27.6 Å². The topological polar surface area (TPSA) is 55.0 Å². The highest BCUT2D eigenvalue weighted by Gasteiger charge is 2.13. The van der Waals surface area contributed by atoms with Crippen molar-refractivity contribution in [3.05, 3.63) is 71.1 Å². The van der Waals surface area contributed by atoms with Gasteiger partial charge in [0.15, 0.2) is 0 Å². The lowest BCUT2D eigenvalue weighted by atomic mass is 9.98. The Bertz CT molecular complexity index is 1080. The molecule has 0 aliphatic carbocycles. The number of fused-ring (bicyclic) bond motifs is 3. The number of nitrogens with one attached hydrogen (secondary N) is 1. The van der Waals surface area contributed by atoms with Crippen LogP contribution in [0.5, 0.6) is 5.75 Å². The molecular formula is C19H14N2O2. The minimum atomic E-state index is -0.127. The number of methoxy groups -OCH3 is 1. The van der Waals surface area contributed by atoms with E-state index in [2.05, 4.69) is 9.97 Å². The molecule has 2 aromatic carbocycles. The second-order valence-electron chi connectivity index (χ2n) is 5.28. The molecule has 0 saturated carbocycles. The van der Waals surface area contributed by atoms with E-state index in [1.165, 1.54) is 0 Å². The minimum absolute atomic E-state index is 0.127. The van der Waals surface area contributed by atoms with Gasteiger partial charge in [-0.15, -0.1) is 0 Å². The Labute approximate surface area is 132 Å². The lowest BCUT2D eigenvalue weighted by Gasteiger charge is -2.12.